The normalized spacial score (nSPS) is 17.7. The number of piperazine rings is 1. The van der Waals surface area contributed by atoms with E-state index >= 15 is 0 Å². The fraction of sp³-hybridized carbons (Fsp3) is 0.333. The average Bonchev–Trinajstić information content (AvgIpc) is 3.04. The number of imide groups is 1. The Bertz CT molecular complexity index is 967. The van der Waals surface area contributed by atoms with Crippen LogP contribution in [-0.2, 0) is 20.9 Å². The lowest BCUT2D eigenvalue weighted by molar-refractivity contribution is -0.138. The molecule has 1 fully saturated rings. The van der Waals surface area contributed by atoms with Gasteiger partial charge in [0, 0.05) is 39.8 Å². The van der Waals surface area contributed by atoms with Crippen LogP contribution in [0.5, 0.6) is 0 Å². The predicted molar refractivity (Wildman–Crippen MR) is 115 cm³/mol. The van der Waals surface area contributed by atoms with E-state index in [4.69, 9.17) is 4.74 Å². The molecule has 2 heterocycles. The highest BCUT2D eigenvalue weighted by Crippen LogP contribution is 2.32. The summed E-state index contributed by atoms with van der Waals surface area (Å²) in [6, 6.07) is 16.0. The minimum absolute atomic E-state index is 0.191. The van der Waals surface area contributed by atoms with Crippen molar-refractivity contribution in [3.8, 4) is 0 Å². The number of nitrogens with zero attached hydrogens (tertiary/aromatic N) is 3. The van der Waals surface area contributed by atoms with Gasteiger partial charge in [-0.1, -0.05) is 42.5 Å². The smallest absolute Gasteiger partial charge is 0.277 e. The summed E-state index contributed by atoms with van der Waals surface area (Å²) in [4.78, 5) is 31.9. The molecule has 31 heavy (non-hydrogen) atoms. The van der Waals surface area contributed by atoms with Crippen molar-refractivity contribution in [1.29, 1.82) is 0 Å². The highest BCUT2D eigenvalue weighted by atomic mass is 19.1. The van der Waals surface area contributed by atoms with E-state index < -0.39 is 0 Å². The second-order valence-electron chi connectivity index (χ2n) is 7.73. The summed E-state index contributed by atoms with van der Waals surface area (Å²) in [5.41, 5.74) is 2.56. The average molecular weight is 423 g/mol. The van der Waals surface area contributed by atoms with E-state index in [1.807, 2.05) is 23.1 Å². The molecule has 0 saturated carbocycles. The number of methoxy groups -OCH3 is 1. The topological polar surface area (TPSA) is 53.1 Å². The molecule has 0 unspecified atom stereocenters. The molecule has 6 nitrogen and oxygen atoms in total. The van der Waals surface area contributed by atoms with Gasteiger partial charge in [0.25, 0.3) is 11.8 Å². The van der Waals surface area contributed by atoms with Gasteiger partial charge in [0.15, 0.2) is 0 Å². The van der Waals surface area contributed by atoms with E-state index in [0.717, 1.165) is 19.6 Å². The molecule has 2 aliphatic rings. The zero-order chi connectivity index (χ0) is 21.8. The first kappa shape index (κ1) is 21.2. The maximum absolute atomic E-state index is 13.5. The molecule has 0 aromatic heterocycles. The van der Waals surface area contributed by atoms with Gasteiger partial charge in [-0.2, -0.15) is 0 Å². The van der Waals surface area contributed by atoms with Gasteiger partial charge >= 0.3 is 0 Å². The van der Waals surface area contributed by atoms with Crippen molar-refractivity contribution in [2.24, 2.45) is 0 Å². The Balaban J connectivity index is 1.56. The van der Waals surface area contributed by atoms with Crippen molar-refractivity contribution in [3.63, 3.8) is 0 Å². The molecule has 0 bridgehead atoms. The first-order valence-electron chi connectivity index (χ1n) is 10.4. The van der Waals surface area contributed by atoms with Crippen LogP contribution in [0.2, 0.25) is 0 Å². The monoisotopic (exact) mass is 423 g/mol. The lowest BCUT2D eigenvalue weighted by atomic mass is 10.0. The number of benzene rings is 2. The van der Waals surface area contributed by atoms with Crippen molar-refractivity contribution in [2.75, 3.05) is 46.4 Å². The van der Waals surface area contributed by atoms with Gasteiger partial charge in [0.2, 0.25) is 0 Å². The number of ether oxygens (including phenoxy) is 1. The van der Waals surface area contributed by atoms with Crippen LogP contribution in [0, 0.1) is 5.82 Å². The molecule has 0 N–H and O–H groups in total. The molecular formula is C24H26FN3O3. The SMILES string of the molecule is COCCN1C(=O)C(c2ccc(F)cc2)=C(N2CCN(Cc3ccccc3)CC2)C1=O. The second-order valence-corrected chi connectivity index (χ2v) is 7.73. The Morgan fingerprint density at radius 1 is 0.903 bits per heavy atom. The first-order chi connectivity index (χ1) is 15.1. The van der Waals surface area contributed by atoms with E-state index in [1.165, 1.54) is 29.7 Å². The lowest BCUT2D eigenvalue weighted by Gasteiger charge is -2.36. The minimum atomic E-state index is -0.381. The fourth-order valence-corrected chi connectivity index (χ4v) is 4.09. The summed E-state index contributed by atoms with van der Waals surface area (Å²) in [5.74, 6) is -1.04. The molecule has 4 rings (SSSR count). The van der Waals surface area contributed by atoms with Crippen LogP contribution in [0.1, 0.15) is 11.1 Å². The highest BCUT2D eigenvalue weighted by molar-refractivity contribution is 6.35. The molecule has 0 atom stereocenters. The Morgan fingerprint density at radius 2 is 1.58 bits per heavy atom. The molecule has 7 heteroatoms. The second kappa shape index (κ2) is 9.41. The number of amides is 2. The number of hydrogen-bond donors (Lipinski definition) is 0. The van der Waals surface area contributed by atoms with Crippen molar-refractivity contribution in [2.45, 2.75) is 6.54 Å². The number of hydrogen-bond acceptors (Lipinski definition) is 5. The van der Waals surface area contributed by atoms with Crippen molar-refractivity contribution in [1.82, 2.24) is 14.7 Å². The molecule has 1 saturated heterocycles. The minimum Gasteiger partial charge on any atom is -0.383 e. The first-order valence-corrected chi connectivity index (χ1v) is 10.4. The van der Waals surface area contributed by atoms with Gasteiger partial charge in [-0.25, -0.2) is 4.39 Å². The standard InChI is InChI=1S/C24H26FN3O3/c1-31-16-15-28-23(29)21(19-7-9-20(25)10-8-19)22(24(28)30)27-13-11-26(12-14-27)17-18-5-3-2-4-6-18/h2-10H,11-17H2,1H3. The van der Waals surface area contributed by atoms with E-state index in [1.54, 1.807) is 12.1 Å². The number of halogens is 1. The van der Waals surface area contributed by atoms with Crippen molar-refractivity contribution < 1.29 is 18.7 Å². The van der Waals surface area contributed by atoms with Gasteiger partial charge in [0.1, 0.15) is 11.5 Å². The van der Waals surface area contributed by atoms with Crippen LogP contribution in [0.15, 0.2) is 60.3 Å². The maximum atomic E-state index is 13.5. The molecule has 0 spiro atoms. The third-order valence-electron chi connectivity index (χ3n) is 5.73. The number of carbonyl (C=O) groups excluding carboxylic acids is 2. The van der Waals surface area contributed by atoms with Crippen molar-refractivity contribution >= 4 is 17.4 Å². The van der Waals surface area contributed by atoms with Gasteiger partial charge in [-0.05, 0) is 23.3 Å². The van der Waals surface area contributed by atoms with E-state index in [9.17, 15) is 14.0 Å². The Morgan fingerprint density at radius 3 is 2.23 bits per heavy atom. The quantitative estimate of drug-likeness (QED) is 0.640. The Labute approximate surface area is 181 Å². The molecule has 2 amide bonds. The largest absolute Gasteiger partial charge is 0.383 e. The third-order valence-corrected chi connectivity index (χ3v) is 5.73. The van der Waals surface area contributed by atoms with Gasteiger partial charge < -0.3 is 9.64 Å². The summed E-state index contributed by atoms with van der Waals surface area (Å²) >= 11 is 0. The van der Waals surface area contributed by atoms with E-state index in [-0.39, 0.29) is 30.8 Å². The summed E-state index contributed by atoms with van der Waals surface area (Å²) in [6.45, 7) is 4.17. The maximum Gasteiger partial charge on any atom is 0.277 e. The lowest BCUT2D eigenvalue weighted by Crippen LogP contribution is -2.47. The molecule has 162 valence electrons. The van der Waals surface area contributed by atoms with Crippen LogP contribution >= 0.6 is 0 Å². The number of carbonyl (C=O) groups is 2. The van der Waals surface area contributed by atoms with Gasteiger partial charge in [-0.15, -0.1) is 0 Å². The van der Waals surface area contributed by atoms with E-state index in [0.29, 0.717) is 29.9 Å². The fourth-order valence-electron chi connectivity index (χ4n) is 4.09. The molecule has 0 radical (unpaired) electrons. The molecular weight excluding hydrogens is 397 g/mol. The number of rotatable bonds is 7. The highest BCUT2D eigenvalue weighted by Gasteiger charge is 2.41. The predicted octanol–water partition coefficient (Wildman–Crippen LogP) is 2.37. The molecule has 2 aromatic carbocycles. The zero-order valence-corrected chi connectivity index (χ0v) is 17.6. The molecule has 2 aromatic rings. The van der Waals surface area contributed by atoms with Crippen LogP contribution in [0.4, 0.5) is 4.39 Å². The molecule has 2 aliphatic heterocycles. The Hall–Kier alpha value is -3.03. The molecule has 0 aliphatic carbocycles. The third kappa shape index (κ3) is 4.52. The summed E-state index contributed by atoms with van der Waals surface area (Å²) < 4.78 is 18.5. The van der Waals surface area contributed by atoms with Crippen molar-refractivity contribution in [3.05, 3.63) is 77.2 Å². The van der Waals surface area contributed by atoms with Crippen LogP contribution in [0.3, 0.4) is 0 Å². The van der Waals surface area contributed by atoms with Crippen LogP contribution in [0.25, 0.3) is 5.57 Å². The zero-order valence-electron chi connectivity index (χ0n) is 17.6. The summed E-state index contributed by atoms with van der Waals surface area (Å²) in [6.07, 6.45) is 0. The summed E-state index contributed by atoms with van der Waals surface area (Å²) in [5, 5.41) is 0. The summed E-state index contributed by atoms with van der Waals surface area (Å²) in [7, 11) is 1.53. The Kier molecular flexibility index (Phi) is 6.44. The van der Waals surface area contributed by atoms with Gasteiger partial charge in [0.05, 0.1) is 18.7 Å². The van der Waals surface area contributed by atoms with Crippen LogP contribution < -0.4 is 0 Å². The van der Waals surface area contributed by atoms with Gasteiger partial charge in [-0.3, -0.25) is 19.4 Å². The van der Waals surface area contributed by atoms with E-state index in [2.05, 4.69) is 17.0 Å². The van der Waals surface area contributed by atoms with Crippen LogP contribution in [-0.4, -0.2) is 73.0 Å².